The Morgan fingerprint density at radius 2 is 2.03 bits per heavy atom. The van der Waals surface area contributed by atoms with E-state index in [9.17, 15) is 4.21 Å². The number of methoxy groups -OCH3 is 1. The molecule has 3 unspecified atom stereocenters. The van der Waals surface area contributed by atoms with Gasteiger partial charge in [0.25, 0.3) is 0 Å². The zero-order chi connectivity index (χ0) is 20.6. The minimum Gasteiger partial charge on any atom is -0.497 e. The first-order valence-corrected chi connectivity index (χ1v) is 12.4. The number of thiophene rings is 1. The SMILES string of the molecule is CCS(=O)C1CCCC(NC(=NC)NCc2ccc(-c3ccc(OC)cc3)s2)C1. The van der Waals surface area contributed by atoms with Crippen LogP contribution in [-0.4, -0.2) is 41.4 Å². The van der Waals surface area contributed by atoms with Gasteiger partial charge in [-0.15, -0.1) is 11.3 Å². The third kappa shape index (κ3) is 6.06. The van der Waals surface area contributed by atoms with Gasteiger partial charge in [-0.3, -0.25) is 9.20 Å². The fourth-order valence-electron chi connectivity index (χ4n) is 3.69. The van der Waals surface area contributed by atoms with Crippen LogP contribution in [0.5, 0.6) is 5.75 Å². The Hall–Kier alpha value is -1.86. The third-order valence-corrected chi connectivity index (χ3v) is 8.19. The number of hydrogen-bond acceptors (Lipinski definition) is 4. The highest BCUT2D eigenvalue weighted by Crippen LogP contribution is 2.29. The monoisotopic (exact) mass is 433 g/mol. The summed E-state index contributed by atoms with van der Waals surface area (Å²) >= 11 is 1.78. The van der Waals surface area contributed by atoms with Gasteiger partial charge < -0.3 is 15.4 Å². The number of hydrogen-bond donors (Lipinski definition) is 2. The van der Waals surface area contributed by atoms with Crippen molar-refractivity contribution in [2.24, 2.45) is 4.99 Å². The first-order chi connectivity index (χ1) is 14.1. The van der Waals surface area contributed by atoms with E-state index < -0.39 is 10.8 Å². The molecule has 1 aliphatic carbocycles. The Bertz CT molecular complexity index is 833. The van der Waals surface area contributed by atoms with E-state index in [1.165, 1.54) is 15.3 Å². The largest absolute Gasteiger partial charge is 0.497 e. The average Bonchev–Trinajstić information content (AvgIpc) is 3.25. The molecule has 0 radical (unpaired) electrons. The van der Waals surface area contributed by atoms with Crippen LogP contribution >= 0.6 is 11.3 Å². The van der Waals surface area contributed by atoms with E-state index in [0.717, 1.165) is 49.7 Å². The summed E-state index contributed by atoms with van der Waals surface area (Å²) in [6.07, 6.45) is 4.27. The van der Waals surface area contributed by atoms with E-state index in [4.69, 9.17) is 4.74 Å². The zero-order valence-electron chi connectivity index (χ0n) is 17.4. The molecule has 1 aromatic carbocycles. The molecule has 29 heavy (non-hydrogen) atoms. The van der Waals surface area contributed by atoms with Crippen molar-refractivity contribution in [1.29, 1.82) is 0 Å². The molecule has 7 heteroatoms. The van der Waals surface area contributed by atoms with Crippen LogP contribution in [0.3, 0.4) is 0 Å². The molecule has 0 bridgehead atoms. The topological polar surface area (TPSA) is 62.7 Å². The summed E-state index contributed by atoms with van der Waals surface area (Å²) in [4.78, 5) is 6.88. The maximum atomic E-state index is 12.2. The minimum absolute atomic E-state index is 0.314. The van der Waals surface area contributed by atoms with Gasteiger partial charge in [-0.2, -0.15) is 0 Å². The summed E-state index contributed by atoms with van der Waals surface area (Å²) < 4.78 is 17.4. The molecule has 3 rings (SSSR count). The highest BCUT2D eigenvalue weighted by Gasteiger charge is 2.26. The fraction of sp³-hybridized carbons (Fsp3) is 0.500. The van der Waals surface area contributed by atoms with E-state index in [-0.39, 0.29) is 0 Å². The predicted octanol–water partition coefficient (Wildman–Crippen LogP) is 4.17. The number of rotatable bonds is 7. The highest BCUT2D eigenvalue weighted by atomic mass is 32.2. The van der Waals surface area contributed by atoms with Crippen molar-refractivity contribution in [3.63, 3.8) is 0 Å². The lowest BCUT2D eigenvalue weighted by Gasteiger charge is -2.30. The van der Waals surface area contributed by atoms with Crippen molar-refractivity contribution in [1.82, 2.24) is 10.6 Å². The van der Waals surface area contributed by atoms with Gasteiger partial charge in [0.05, 0.1) is 13.7 Å². The molecule has 1 heterocycles. The van der Waals surface area contributed by atoms with Gasteiger partial charge >= 0.3 is 0 Å². The van der Waals surface area contributed by atoms with Crippen molar-refractivity contribution >= 4 is 28.1 Å². The molecule has 1 aliphatic rings. The Morgan fingerprint density at radius 3 is 2.72 bits per heavy atom. The van der Waals surface area contributed by atoms with Gasteiger partial charge in [0, 0.05) is 44.6 Å². The van der Waals surface area contributed by atoms with Crippen molar-refractivity contribution in [2.45, 2.75) is 50.4 Å². The number of aliphatic imine (C=N–C) groups is 1. The maximum absolute atomic E-state index is 12.2. The third-order valence-electron chi connectivity index (χ3n) is 5.31. The second kappa shape index (κ2) is 10.8. The summed E-state index contributed by atoms with van der Waals surface area (Å²) in [5.41, 5.74) is 1.20. The van der Waals surface area contributed by atoms with Crippen LogP contribution < -0.4 is 15.4 Å². The van der Waals surface area contributed by atoms with Crippen LogP contribution in [0.1, 0.15) is 37.5 Å². The van der Waals surface area contributed by atoms with E-state index >= 15 is 0 Å². The standard InChI is InChI=1S/C22H31N3O2S2/c1-4-29(26)20-7-5-6-17(14-20)25-22(23-2)24-15-19-12-13-21(28-19)16-8-10-18(27-3)11-9-16/h8-13,17,20H,4-7,14-15H2,1-3H3,(H2,23,24,25). The lowest BCUT2D eigenvalue weighted by atomic mass is 9.95. The Labute approximate surface area is 180 Å². The number of nitrogens with one attached hydrogen (secondary N) is 2. The Kier molecular flexibility index (Phi) is 8.12. The Morgan fingerprint density at radius 1 is 1.24 bits per heavy atom. The molecule has 1 aromatic heterocycles. The lowest BCUT2D eigenvalue weighted by molar-refractivity contribution is 0.413. The molecule has 1 saturated carbocycles. The highest BCUT2D eigenvalue weighted by molar-refractivity contribution is 7.85. The smallest absolute Gasteiger partial charge is 0.191 e. The molecule has 3 atom stereocenters. The quantitative estimate of drug-likeness (QED) is 0.508. The average molecular weight is 434 g/mol. The van der Waals surface area contributed by atoms with Gasteiger partial charge in [0.2, 0.25) is 0 Å². The molecule has 5 nitrogen and oxygen atoms in total. The van der Waals surface area contributed by atoms with Crippen LogP contribution in [0.15, 0.2) is 41.4 Å². The van der Waals surface area contributed by atoms with E-state index in [0.29, 0.717) is 11.3 Å². The summed E-state index contributed by atoms with van der Waals surface area (Å²) in [5, 5.41) is 7.27. The van der Waals surface area contributed by atoms with Gasteiger partial charge in [-0.25, -0.2) is 0 Å². The zero-order valence-corrected chi connectivity index (χ0v) is 19.1. The summed E-state index contributed by atoms with van der Waals surface area (Å²) in [7, 11) is 2.78. The molecular formula is C22H31N3O2S2. The number of ether oxygens (including phenoxy) is 1. The molecule has 0 amide bonds. The summed E-state index contributed by atoms with van der Waals surface area (Å²) in [6, 6.07) is 12.8. The molecular weight excluding hydrogens is 402 g/mol. The van der Waals surface area contributed by atoms with Crippen molar-refractivity contribution in [2.75, 3.05) is 19.9 Å². The first kappa shape index (κ1) is 21.8. The molecule has 2 N–H and O–H groups in total. The minimum atomic E-state index is -0.709. The van der Waals surface area contributed by atoms with E-state index in [1.54, 1.807) is 25.5 Å². The second-order valence-electron chi connectivity index (χ2n) is 7.22. The van der Waals surface area contributed by atoms with Gasteiger partial charge in [-0.1, -0.05) is 13.3 Å². The van der Waals surface area contributed by atoms with Crippen LogP contribution in [0, 0.1) is 0 Å². The summed E-state index contributed by atoms with van der Waals surface area (Å²) in [5.74, 6) is 2.44. The van der Waals surface area contributed by atoms with Gasteiger partial charge in [-0.05, 0) is 61.2 Å². The van der Waals surface area contributed by atoms with Crippen molar-refractivity contribution < 1.29 is 8.95 Å². The first-order valence-electron chi connectivity index (χ1n) is 10.2. The molecule has 1 fully saturated rings. The number of guanidine groups is 1. The number of nitrogens with zero attached hydrogens (tertiary/aromatic N) is 1. The summed E-state index contributed by atoms with van der Waals surface area (Å²) in [6.45, 7) is 2.74. The van der Waals surface area contributed by atoms with Gasteiger partial charge in [0.1, 0.15) is 5.75 Å². The number of benzene rings is 1. The van der Waals surface area contributed by atoms with Crippen LogP contribution in [0.4, 0.5) is 0 Å². The van der Waals surface area contributed by atoms with Crippen LogP contribution in [-0.2, 0) is 17.3 Å². The van der Waals surface area contributed by atoms with Crippen molar-refractivity contribution in [3.05, 3.63) is 41.3 Å². The molecule has 2 aromatic rings. The second-order valence-corrected chi connectivity index (χ2v) is 10.4. The van der Waals surface area contributed by atoms with E-state index in [1.807, 2.05) is 19.1 Å². The molecule has 0 spiro atoms. The molecule has 0 saturated heterocycles. The normalized spacial score (nSPS) is 20.9. The molecule has 0 aliphatic heterocycles. The van der Waals surface area contributed by atoms with Crippen LogP contribution in [0.25, 0.3) is 10.4 Å². The van der Waals surface area contributed by atoms with Gasteiger partial charge in [0.15, 0.2) is 5.96 Å². The Balaban J connectivity index is 1.53. The lowest BCUT2D eigenvalue weighted by Crippen LogP contribution is -2.46. The molecule has 158 valence electrons. The van der Waals surface area contributed by atoms with Crippen molar-refractivity contribution in [3.8, 4) is 16.2 Å². The van der Waals surface area contributed by atoms with E-state index in [2.05, 4.69) is 39.9 Å². The fourth-order valence-corrected chi connectivity index (χ4v) is 5.99. The van der Waals surface area contributed by atoms with Crippen LogP contribution in [0.2, 0.25) is 0 Å². The predicted molar refractivity (Wildman–Crippen MR) is 124 cm³/mol. The maximum Gasteiger partial charge on any atom is 0.191 e.